The van der Waals surface area contributed by atoms with Gasteiger partial charge in [0.25, 0.3) is 0 Å². The van der Waals surface area contributed by atoms with Gasteiger partial charge in [-0.05, 0) is 12.8 Å². The van der Waals surface area contributed by atoms with Crippen LogP contribution in [0.15, 0.2) is 0 Å². The molecule has 3 N–H and O–H groups in total. The molecule has 1 saturated carbocycles. The summed E-state index contributed by atoms with van der Waals surface area (Å²) in [6, 6.07) is 0.883. The van der Waals surface area contributed by atoms with Crippen LogP contribution >= 0.6 is 9.39 Å². The molecule has 0 amide bonds. The first kappa shape index (κ1) is 10.4. The first-order valence-electron chi connectivity index (χ1n) is 5.06. The molecular weight excluding hydrogens is 167 g/mol. The molecule has 0 saturated heterocycles. The minimum Gasteiger partial charge on any atom is -0.326 e. The van der Waals surface area contributed by atoms with Crippen LogP contribution in [0.3, 0.4) is 0 Å². The second-order valence-electron chi connectivity index (χ2n) is 3.78. The quantitative estimate of drug-likeness (QED) is 0.616. The molecule has 0 bridgehead atoms. The Kier molecular flexibility index (Phi) is 5.13. The van der Waals surface area contributed by atoms with E-state index in [0.29, 0.717) is 12.1 Å². The van der Waals surface area contributed by atoms with Crippen LogP contribution in [0.25, 0.3) is 0 Å². The Morgan fingerprint density at radius 3 is 2.25 bits per heavy atom. The number of nitrogens with two attached hydrogens (primary N) is 1. The fourth-order valence-corrected chi connectivity index (χ4v) is 2.31. The second kappa shape index (κ2) is 5.90. The molecule has 0 aliphatic heterocycles. The maximum Gasteiger partial charge on any atom is 0.0250 e. The molecule has 3 unspecified atom stereocenters. The van der Waals surface area contributed by atoms with Gasteiger partial charge in [0.15, 0.2) is 0 Å². The van der Waals surface area contributed by atoms with Gasteiger partial charge in [0.2, 0.25) is 0 Å². The monoisotopic (exact) mass is 188 g/mol. The van der Waals surface area contributed by atoms with Gasteiger partial charge in [0.05, 0.1) is 0 Å². The highest BCUT2D eigenvalue weighted by Gasteiger charge is 2.16. The molecule has 0 spiro atoms. The summed E-state index contributed by atoms with van der Waals surface area (Å²) in [6.07, 6.45) is 9.23. The number of hydrogen-bond acceptors (Lipinski definition) is 2. The van der Waals surface area contributed by atoms with E-state index in [4.69, 9.17) is 5.73 Å². The minimum atomic E-state index is 0.362. The van der Waals surface area contributed by atoms with Gasteiger partial charge in [-0.2, -0.15) is 0 Å². The van der Waals surface area contributed by atoms with Crippen molar-refractivity contribution < 1.29 is 0 Å². The van der Waals surface area contributed by atoms with Gasteiger partial charge in [-0.25, -0.2) is 0 Å². The molecule has 0 aromatic carbocycles. The van der Waals surface area contributed by atoms with Gasteiger partial charge in [-0.15, -0.1) is 0 Å². The Labute approximate surface area is 77.9 Å². The molecule has 1 fully saturated rings. The molecule has 1 aliphatic rings. The van der Waals surface area contributed by atoms with Crippen LogP contribution < -0.4 is 10.8 Å². The Morgan fingerprint density at radius 2 is 1.58 bits per heavy atom. The Hall–Kier alpha value is 0.350. The van der Waals surface area contributed by atoms with E-state index >= 15 is 0 Å². The highest BCUT2D eigenvalue weighted by atomic mass is 31.0. The van der Waals surface area contributed by atoms with Gasteiger partial charge in [-0.3, -0.25) is 5.09 Å². The maximum atomic E-state index is 6.05. The van der Waals surface area contributed by atoms with E-state index in [1.54, 1.807) is 0 Å². The van der Waals surface area contributed by atoms with Gasteiger partial charge in [-0.1, -0.05) is 41.5 Å². The third kappa shape index (κ3) is 3.38. The summed E-state index contributed by atoms with van der Waals surface area (Å²) in [5.41, 5.74) is 6.05. The van der Waals surface area contributed by atoms with Crippen molar-refractivity contribution >= 4 is 9.39 Å². The van der Waals surface area contributed by atoms with E-state index in [2.05, 4.69) is 14.5 Å². The minimum absolute atomic E-state index is 0.362. The summed E-state index contributed by atoms with van der Waals surface area (Å²) < 4.78 is 0. The van der Waals surface area contributed by atoms with Crippen LogP contribution in [0.4, 0.5) is 0 Å². The van der Waals surface area contributed by atoms with Crippen molar-refractivity contribution in [1.82, 2.24) is 5.09 Å². The lowest BCUT2D eigenvalue weighted by atomic mass is 10.0. The lowest BCUT2D eigenvalue weighted by Crippen LogP contribution is -2.40. The molecule has 3 heteroatoms. The van der Waals surface area contributed by atoms with Crippen molar-refractivity contribution in [1.29, 1.82) is 0 Å². The fraction of sp³-hybridized carbons (Fsp3) is 1.00. The van der Waals surface area contributed by atoms with Crippen LogP contribution in [0.1, 0.15) is 44.9 Å². The topological polar surface area (TPSA) is 38.0 Å². The zero-order valence-corrected chi connectivity index (χ0v) is 8.91. The molecule has 72 valence electrons. The third-order valence-electron chi connectivity index (χ3n) is 2.78. The van der Waals surface area contributed by atoms with Crippen LogP contribution in [-0.2, 0) is 0 Å². The molecule has 3 atom stereocenters. The van der Waals surface area contributed by atoms with Crippen molar-refractivity contribution in [3.05, 3.63) is 0 Å². The largest absolute Gasteiger partial charge is 0.326 e. The van der Waals surface area contributed by atoms with E-state index in [0.717, 1.165) is 0 Å². The Balaban J connectivity index is 2.35. The van der Waals surface area contributed by atoms with E-state index < -0.39 is 0 Å². The van der Waals surface area contributed by atoms with Crippen LogP contribution in [0.5, 0.6) is 0 Å². The normalized spacial score (nSPS) is 33.5. The summed E-state index contributed by atoms with van der Waals surface area (Å²) in [7, 11) is 2.60. The summed E-state index contributed by atoms with van der Waals surface area (Å²) in [6.45, 7) is 0. The SMILES string of the molecule is NC1CCCCCCCC1NP. The van der Waals surface area contributed by atoms with Crippen molar-refractivity contribution in [3.63, 3.8) is 0 Å². The molecule has 1 aliphatic carbocycles. The predicted octanol–water partition coefficient (Wildman–Crippen LogP) is 1.81. The van der Waals surface area contributed by atoms with Crippen molar-refractivity contribution in [2.24, 2.45) is 5.73 Å². The maximum absolute atomic E-state index is 6.05. The molecule has 0 radical (unpaired) electrons. The molecule has 0 aromatic rings. The zero-order chi connectivity index (χ0) is 8.81. The standard InChI is InChI=1S/C9H21N2P/c10-8-6-4-2-1-3-5-7-9(8)11-12/h8-9,11H,1-7,10,12H2. The van der Waals surface area contributed by atoms with Crippen LogP contribution in [-0.4, -0.2) is 12.1 Å². The van der Waals surface area contributed by atoms with E-state index in [9.17, 15) is 0 Å². The summed E-state index contributed by atoms with van der Waals surface area (Å²) in [5, 5.41) is 3.24. The van der Waals surface area contributed by atoms with Gasteiger partial charge in [0, 0.05) is 12.1 Å². The molecule has 0 aromatic heterocycles. The molecule has 0 heterocycles. The highest BCUT2D eigenvalue weighted by molar-refractivity contribution is 7.13. The third-order valence-corrected chi connectivity index (χ3v) is 3.21. The number of hydrogen-bond donors (Lipinski definition) is 2. The molecular formula is C9H21N2P. The Morgan fingerprint density at radius 1 is 1.00 bits per heavy atom. The first-order valence-corrected chi connectivity index (χ1v) is 5.64. The number of rotatable bonds is 1. The van der Waals surface area contributed by atoms with E-state index in [-0.39, 0.29) is 0 Å². The Bertz CT molecular complexity index is 119. The van der Waals surface area contributed by atoms with Gasteiger partial charge < -0.3 is 5.73 Å². The average molecular weight is 188 g/mol. The highest BCUT2D eigenvalue weighted by Crippen LogP contribution is 2.16. The summed E-state index contributed by atoms with van der Waals surface area (Å²) in [4.78, 5) is 0. The van der Waals surface area contributed by atoms with Crippen LogP contribution in [0, 0.1) is 0 Å². The smallest absolute Gasteiger partial charge is 0.0250 e. The average Bonchev–Trinajstić information content (AvgIpc) is 2.17. The van der Waals surface area contributed by atoms with Crippen molar-refractivity contribution in [2.75, 3.05) is 0 Å². The molecule has 1 rings (SSSR count). The van der Waals surface area contributed by atoms with Crippen LogP contribution in [0.2, 0.25) is 0 Å². The van der Waals surface area contributed by atoms with Gasteiger partial charge in [0.1, 0.15) is 0 Å². The fourth-order valence-electron chi connectivity index (χ4n) is 1.90. The van der Waals surface area contributed by atoms with E-state index in [1.807, 2.05) is 0 Å². The molecule has 12 heavy (non-hydrogen) atoms. The van der Waals surface area contributed by atoms with E-state index in [1.165, 1.54) is 44.9 Å². The first-order chi connectivity index (χ1) is 5.84. The molecule has 2 nitrogen and oxygen atoms in total. The number of nitrogens with one attached hydrogen (secondary N) is 1. The lowest BCUT2D eigenvalue weighted by Gasteiger charge is -2.22. The zero-order valence-electron chi connectivity index (χ0n) is 7.76. The summed E-state index contributed by atoms with van der Waals surface area (Å²) in [5.74, 6) is 0. The predicted molar refractivity (Wildman–Crippen MR) is 56.9 cm³/mol. The van der Waals surface area contributed by atoms with Gasteiger partial charge >= 0.3 is 0 Å². The lowest BCUT2D eigenvalue weighted by molar-refractivity contribution is 0.441. The second-order valence-corrected chi connectivity index (χ2v) is 4.12. The van der Waals surface area contributed by atoms with Crippen molar-refractivity contribution in [2.45, 2.75) is 57.0 Å². The van der Waals surface area contributed by atoms with Crippen molar-refractivity contribution in [3.8, 4) is 0 Å². The summed E-state index contributed by atoms with van der Waals surface area (Å²) >= 11 is 0.